The van der Waals surface area contributed by atoms with Gasteiger partial charge in [-0.1, -0.05) is 0 Å². The molecule has 2 rings (SSSR count). The molecule has 94 valence electrons. The number of esters is 1. The highest BCUT2D eigenvalue weighted by molar-refractivity contribution is 6.28. The van der Waals surface area contributed by atoms with E-state index in [-0.39, 0.29) is 17.8 Å². The summed E-state index contributed by atoms with van der Waals surface area (Å²) in [5.41, 5.74) is 0. The molecule has 9 heteroatoms. The van der Waals surface area contributed by atoms with Gasteiger partial charge in [0.1, 0.15) is 12.9 Å². The minimum Gasteiger partial charge on any atom is -0.468 e. The van der Waals surface area contributed by atoms with Crippen molar-refractivity contribution in [3.05, 3.63) is 24.0 Å². The van der Waals surface area contributed by atoms with Crippen LogP contribution in [0.1, 0.15) is 0 Å². The quantitative estimate of drug-likeness (QED) is 0.797. The van der Waals surface area contributed by atoms with Crippen molar-refractivity contribution in [3.8, 4) is 5.95 Å². The zero-order valence-corrected chi connectivity index (χ0v) is 10.1. The molecule has 1 N–H and O–H groups in total. The summed E-state index contributed by atoms with van der Waals surface area (Å²) in [6.07, 6.45) is 4.77. The largest absolute Gasteiger partial charge is 0.468 e. The number of methoxy groups -OCH3 is 1. The molecule has 0 bridgehead atoms. The number of rotatable bonds is 4. The van der Waals surface area contributed by atoms with Gasteiger partial charge in [0.05, 0.1) is 7.11 Å². The van der Waals surface area contributed by atoms with E-state index in [0.717, 1.165) is 0 Å². The van der Waals surface area contributed by atoms with Gasteiger partial charge in [-0.25, -0.2) is 4.98 Å². The first kappa shape index (κ1) is 12.2. The molecule has 8 nitrogen and oxygen atoms in total. The summed E-state index contributed by atoms with van der Waals surface area (Å²) in [7, 11) is 1.29. The molecule has 0 spiro atoms. The van der Waals surface area contributed by atoms with Gasteiger partial charge < -0.3 is 10.1 Å². The lowest BCUT2D eigenvalue weighted by molar-refractivity contribution is -0.138. The van der Waals surface area contributed by atoms with Crippen molar-refractivity contribution < 1.29 is 9.53 Å². The van der Waals surface area contributed by atoms with Gasteiger partial charge in [-0.05, 0) is 11.6 Å². The summed E-state index contributed by atoms with van der Waals surface area (Å²) in [4.78, 5) is 26.7. The number of nitrogens with zero attached hydrogens (tertiary/aromatic N) is 5. The van der Waals surface area contributed by atoms with Crippen LogP contribution in [0.3, 0.4) is 0 Å². The van der Waals surface area contributed by atoms with E-state index >= 15 is 0 Å². The van der Waals surface area contributed by atoms with Gasteiger partial charge >= 0.3 is 5.97 Å². The Hall–Kier alpha value is -2.22. The Morgan fingerprint density at radius 3 is 3.00 bits per heavy atom. The van der Waals surface area contributed by atoms with Crippen molar-refractivity contribution in [2.24, 2.45) is 0 Å². The van der Waals surface area contributed by atoms with Crippen molar-refractivity contribution in [3.63, 3.8) is 0 Å². The first-order chi connectivity index (χ1) is 8.69. The van der Waals surface area contributed by atoms with Crippen LogP contribution in [0.4, 0.5) is 5.95 Å². The van der Waals surface area contributed by atoms with Crippen LogP contribution in [-0.4, -0.2) is 44.1 Å². The Morgan fingerprint density at radius 1 is 1.50 bits per heavy atom. The molecule has 2 aromatic heterocycles. The second-order valence-corrected chi connectivity index (χ2v) is 3.47. The van der Waals surface area contributed by atoms with Crippen molar-refractivity contribution in [1.29, 1.82) is 0 Å². The van der Waals surface area contributed by atoms with Gasteiger partial charge in [0.2, 0.25) is 17.2 Å². The molecule has 0 aromatic carbocycles. The molecule has 2 aromatic rings. The molecule has 0 saturated carbocycles. The van der Waals surface area contributed by atoms with Gasteiger partial charge in [-0.2, -0.15) is 15.0 Å². The second-order valence-electron chi connectivity index (χ2n) is 3.13. The predicted octanol–water partition coefficient (Wildman–Crippen LogP) is 0.296. The number of aromatic nitrogens is 5. The lowest BCUT2D eigenvalue weighted by atomic mass is 10.6. The Balaban J connectivity index is 2.19. The van der Waals surface area contributed by atoms with Crippen molar-refractivity contribution in [1.82, 2.24) is 24.5 Å². The number of carbonyl (C=O) groups is 1. The molecule has 0 aliphatic rings. The van der Waals surface area contributed by atoms with E-state index in [1.54, 1.807) is 17.0 Å². The SMILES string of the molecule is COC(=O)CNc1nc(Cl)nc(-n2ccnc2)n1. The molecule has 0 unspecified atom stereocenters. The first-order valence-electron chi connectivity index (χ1n) is 4.89. The fourth-order valence-corrected chi connectivity index (χ4v) is 1.29. The van der Waals surface area contributed by atoms with Crippen molar-refractivity contribution >= 4 is 23.5 Å². The van der Waals surface area contributed by atoms with Crippen LogP contribution in [0.25, 0.3) is 5.95 Å². The highest BCUT2D eigenvalue weighted by atomic mass is 35.5. The standard InChI is InChI=1S/C9H9ClN6O2/c1-18-6(17)4-12-8-13-7(10)14-9(15-8)16-3-2-11-5-16/h2-3,5H,4H2,1H3,(H,12,13,14,15). The Bertz CT molecular complexity index is 544. The third-order valence-electron chi connectivity index (χ3n) is 1.95. The molecular formula is C9H9ClN6O2. The number of hydrogen-bond acceptors (Lipinski definition) is 7. The topological polar surface area (TPSA) is 94.8 Å². The Labute approximate surface area is 107 Å². The van der Waals surface area contributed by atoms with Crippen molar-refractivity contribution in [2.45, 2.75) is 0 Å². The number of ether oxygens (including phenoxy) is 1. The van der Waals surface area contributed by atoms with Crippen LogP contribution in [0, 0.1) is 0 Å². The van der Waals surface area contributed by atoms with Gasteiger partial charge in [-0.15, -0.1) is 0 Å². The second kappa shape index (κ2) is 5.41. The molecule has 0 radical (unpaired) electrons. The highest BCUT2D eigenvalue weighted by Gasteiger charge is 2.08. The van der Waals surface area contributed by atoms with Crippen LogP contribution in [0.5, 0.6) is 0 Å². The Morgan fingerprint density at radius 2 is 2.33 bits per heavy atom. The first-order valence-corrected chi connectivity index (χ1v) is 5.27. The normalized spacial score (nSPS) is 10.1. The monoisotopic (exact) mass is 268 g/mol. The lowest BCUT2D eigenvalue weighted by Gasteiger charge is -2.05. The number of imidazole rings is 1. The van der Waals surface area contributed by atoms with Crippen LogP contribution >= 0.6 is 11.6 Å². The average Bonchev–Trinajstić information content (AvgIpc) is 2.89. The maximum atomic E-state index is 11.0. The summed E-state index contributed by atoms with van der Waals surface area (Å²) in [6, 6.07) is 0. The maximum Gasteiger partial charge on any atom is 0.325 e. The van der Waals surface area contributed by atoms with E-state index < -0.39 is 5.97 Å². The molecule has 0 aliphatic carbocycles. The molecule has 0 aliphatic heterocycles. The summed E-state index contributed by atoms with van der Waals surface area (Å²) in [5.74, 6) is 0.0553. The molecule has 0 saturated heterocycles. The zero-order valence-electron chi connectivity index (χ0n) is 9.37. The summed E-state index contributed by atoms with van der Waals surface area (Å²) < 4.78 is 6.05. The smallest absolute Gasteiger partial charge is 0.325 e. The van der Waals surface area contributed by atoms with E-state index in [1.807, 2.05) is 0 Å². The lowest BCUT2D eigenvalue weighted by Crippen LogP contribution is -2.17. The van der Waals surface area contributed by atoms with Gasteiger partial charge in [0.25, 0.3) is 0 Å². The fraction of sp³-hybridized carbons (Fsp3) is 0.222. The molecular weight excluding hydrogens is 260 g/mol. The number of hydrogen-bond donors (Lipinski definition) is 1. The van der Waals surface area contributed by atoms with E-state index in [4.69, 9.17) is 11.6 Å². The van der Waals surface area contributed by atoms with E-state index in [1.165, 1.54) is 13.4 Å². The number of halogens is 1. The van der Waals surface area contributed by atoms with Gasteiger partial charge in [0, 0.05) is 12.4 Å². The van der Waals surface area contributed by atoms with Crippen LogP contribution in [-0.2, 0) is 9.53 Å². The Kier molecular flexibility index (Phi) is 3.68. The van der Waals surface area contributed by atoms with Crippen molar-refractivity contribution in [2.75, 3.05) is 19.0 Å². The fourth-order valence-electron chi connectivity index (χ4n) is 1.13. The third-order valence-corrected chi connectivity index (χ3v) is 2.12. The number of carbonyl (C=O) groups excluding carboxylic acids is 1. The molecule has 2 heterocycles. The molecule has 0 amide bonds. The minimum atomic E-state index is -0.435. The third kappa shape index (κ3) is 2.92. The van der Waals surface area contributed by atoms with Crippen LogP contribution in [0.15, 0.2) is 18.7 Å². The van der Waals surface area contributed by atoms with Gasteiger partial charge in [-0.3, -0.25) is 9.36 Å². The van der Waals surface area contributed by atoms with Crippen LogP contribution < -0.4 is 5.32 Å². The summed E-state index contributed by atoms with van der Waals surface area (Å²) in [5, 5.41) is 2.70. The minimum absolute atomic E-state index is 0.0149. The summed E-state index contributed by atoms with van der Waals surface area (Å²) >= 11 is 5.76. The highest BCUT2D eigenvalue weighted by Crippen LogP contribution is 2.09. The van der Waals surface area contributed by atoms with E-state index in [9.17, 15) is 4.79 Å². The molecule has 0 fully saturated rings. The number of nitrogens with one attached hydrogen (secondary N) is 1. The zero-order chi connectivity index (χ0) is 13.0. The average molecular weight is 269 g/mol. The predicted molar refractivity (Wildman–Crippen MR) is 62.5 cm³/mol. The van der Waals surface area contributed by atoms with Gasteiger partial charge in [0.15, 0.2) is 0 Å². The molecule has 18 heavy (non-hydrogen) atoms. The molecule has 0 atom stereocenters. The maximum absolute atomic E-state index is 11.0. The summed E-state index contributed by atoms with van der Waals surface area (Å²) in [6.45, 7) is -0.0553. The van der Waals surface area contributed by atoms with Crippen LogP contribution in [0.2, 0.25) is 5.28 Å². The number of anilines is 1. The van der Waals surface area contributed by atoms with E-state index in [2.05, 4.69) is 30.0 Å². The van der Waals surface area contributed by atoms with E-state index in [0.29, 0.717) is 5.95 Å².